The Morgan fingerprint density at radius 2 is 0.833 bits per heavy atom. The van der Waals surface area contributed by atoms with Gasteiger partial charge in [0.1, 0.15) is 0 Å². The maximum absolute atomic E-state index is 2.35. The van der Waals surface area contributed by atoms with Gasteiger partial charge in [-0.1, -0.05) is 107 Å². The highest BCUT2D eigenvalue weighted by atomic mass is 13.9. The molecule has 0 nitrogen and oxygen atoms in total. The van der Waals surface area contributed by atoms with E-state index in [0.29, 0.717) is 0 Å². The minimum Gasteiger partial charge on any atom is -0.0885 e. The number of allylic oxidation sites excluding steroid dienone is 10. The van der Waals surface area contributed by atoms with E-state index in [1.807, 2.05) is 0 Å². The van der Waals surface area contributed by atoms with Crippen molar-refractivity contribution in [2.24, 2.45) is 0 Å². The second kappa shape index (κ2) is 21.7. The second-order valence-corrected chi connectivity index (χ2v) is 6.26. The van der Waals surface area contributed by atoms with E-state index in [-0.39, 0.29) is 0 Å². The van der Waals surface area contributed by atoms with Gasteiger partial charge in [-0.2, -0.15) is 0 Å². The van der Waals surface area contributed by atoms with E-state index in [1.165, 1.54) is 44.9 Å². The topological polar surface area (TPSA) is 0 Å². The van der Waals surface area contributed by atoms with Gasteiger partial charge in [-0.3, -0.25) is 0 Å². The Balaban J connectivity index is 3.37. The number of hydrogen-bond acceptors (Lipinski definition) is 0. The molecule has 0 aromatic heterocycles. The van der Waals surface area contributed by atoms with Crippen LogP contribution in [0.2, 0.25) is 0 Å². The molecule has 0 unspecified atom stereocenters. The van der Waals surface area contributed by atoms with Crippen molar-refractivity contribution >= 4 is 0 Å². The second-order valence-electron chi connectivity index (χ2n) is 6.26. The van der Waals surface area contributed by atoms with Crippen molar-refractivity contribution in [3.63, 3.8) is 0 Å². The first-order valence-electron chi connectivity index (χ1n) is 10.2. The first-order valence-corrected chi connectivity index (χ1v) is 10.2. The van der Waals surface area contributed by atoms with Crippen LogP contribution in [0, 0.1) is 0 Å². The number of rotatable bonds is 16. The van der Waals surface area contributed by atoms with Crippen LogP contribution in [-0.4, -0.2) is 0 Å². The zero-order valence-electron chi connectivity index (χ0n) is 16.3. The smallest absolute Gasteiger partial charge is 0.0169 e. The van der Waals surface area contributed by atoms with Gasteiger partial charge in [0.15, 0.2) is 0 Å². The Labute approximate surface area is 152 Å². The lowest BCUT2D eigenvalue weighted by Gasteiger charge is -1.97. The van der Waals surface area contributed by atoms with Gasteiger partial charge in [-0.05, 0) is 44.9 Å². The fourth-order valence-electron chi connectivity index (χ4n) is 2.41. The molecule has 0 amide bonds. The highest BCUT2D eigenvalue weighted by Crippen LogP contribution is 2.07. The molecular formula is C24H40. The molecule has 0 spiro atoms. The van der Waals surface area contributed by atoms with Crippen LogP contribution in [-0.2, 0) is 0 Å². The molecule has 136 valence electrons. The first-order chi connectivity index (χ1) is 11.9. The normalized spacial score (nSPS) is 12.9. The molecule has 24 heavy (non-hydrogen) atoms. The van der Waals surface area contributed by atoms with Gasteiger partial charge < -0.3 is 0 Å². The van der Waals surface area contributed by atoms with Crippen LogP contribution in [0.1, 0.15) is 90.9 Å². The van der Waals surface area contributed by atoms with E-state index >= 15 is 0 Å². The summed E-state index contributed by atoms with van der Waals surface area (Å²) in [6.45, 7) is 4.44. The predicted octanol–water partition coefficient (Wildman–Crippen LogP) is 8.49. The zero-order chi connectivity index (χ0) is 17.6. The fraction of sp³-hybridized carbons (Fsp3) is 0.583. The Hall–Kier alpha value is -1.30. The van der Waals surface area contributed by atoms with Gasteiger partial charge in [0, 0.05) is 0 Å². The van der Waals surface area contributed by atoms with Crippen LogP contribution in [0.25, 0.3) is 0 Å². The van der Waals surface area contributed by atoms with Crippen LogP contribution in [0.5, 0.6) is 0 Å². The average Bonchev–Trinajstić information content (AvgIpc) is 2.60. The Morgan fingerprint density at radius 1 is 0.417 bits per heavy atom. The number of unbranched alkanes of at least 4 members (excludes halogenated alkanes) is 6. The van der Waals surface area contributed by atoms with Gasteiger partial charge in [-0.25, -0.2) is 0 Å². The third-order valence-electron chi connectivity index (χ3n) is 3.88. The summed E-state index contributed by atoms with van der Waals surface area (Å²) < 4.78 is 0. The zero-order valence-corrected chi connectivity index (χ0v) is 16.3. The quantitative estimate of drug-likeness (QED) is 0.197. The summed E-state index contributed by atoms with van der Waals surface area (Å²) in [4.78, 5) is 0. The molecule has 0 heteroatoms. The summed E-state index contributed by atoms with van der Waals surface area (Å²) in [5, 5.41) is 0. The summed E-state index contributed by atoms with van der Waals surface area (Å²) in [5.41, 5.74) is 0. The van der Waals surface area contributed by atoms with Crippen molar-refractivity contribution in [2.75, 3.05) is 0 Å². The highest BCUT2D eigenvalue weighted by molar-refractivity contribution is 5.00. The summed E-state index contributed by atoms with van der Waals surface area (Å²) in [6, 6.07) is 0. The minimum absolute atomic E-state index is 1.05. The molecular weight excluding hydrogens is 288 g/mol. The van der Waals surface area contributed by atoms with E-state index in [9.17, 15) is 0 Å². The SMILES string of the molecule is CCC=CCC=CCC=CCC=CC/C=C\CCCCCCCC. The molecule has 0 aromatic carbocycles. The summed E-state index contributed by atoms with van der Waals surface area (Å²) in [5.74, 6) is 0. The molecule has 0 aliphatic carbocycles. The van der Waals surface area contributed by atoms with Gasteiger partial charge in [0.25, 0.3) is 0 Å². The molecule has 0 fully saturated rings. The first kappa shape index (κ1) is 22.7. The lowest BCUT2D eigenvalue weighted by molar-refractivity contribution is 0.611. The third-order valence-corrected chi connectivity index (χ3v) is 3.88. The number of hydrogen-bond donors (Lipinski definition) is 0. The standard InChI is InChI=1S/C24H40/c1-3-5-7-9-11-13-15-17-19-21-23-24-22-20-18-16-14-12-10-8-6-4-2/h5,7,11,13,17-20,23-24H,3-4,6,8-10,12,14-16,21-22H2,1-2H3/b7-5?,13-11?,19-17?,20-18-,24-23?. The van der Waals surface area contributed by atoms with Crippen molar-refractivity contribution < 1.29 is 0 Å². The van der Waals surface area contributed by atoms with E-state index in [1.54, 1.807) is 0 Å². The van der Waals surface area contributed by atoms with E-state index in [4.69, 9.17) is 0 Å². The molecule has 0 radical (unpaired) electrons. The highest BCUT2D eigenvalue weighted by Gasteiger charge is 1.87. The van der Waals surface area contributed by atoms with Crippen molar-refractivity contribution in [3.05, 3.63) is 60.8 Å². The molecule has 0 rings (SSSR count). The lowest BCUT2D eigenvalue weighted by atomic mass is 10.1. The molecule has 0 heterocycles. The monoisotopic (exact) mass is 328 g/mol. The third kappa shape index (κ3) is 20.7. The Morgan fingerprint density at radius 3 is 1.33 bits per heavy atom. The van der Waals surface area contributed by atoms with E-state index in [0.717, 1.165) is 32.1 Å². The minimum atomic E-state index is 1.05. The summed E-state index contributed by atoms with van der Waals surface area (Å²) in [6.07, 6.45) is 37.6. The lowest BCUT2D eigenvalue weighted by Crippen LogP contribution is -1.77. The summed E-state index contributed by atoms with van der Waals surface area (Å²) >= 11 is 0. The molecule has 0 N–H and O–H groups in total. The van der Waals surface area contributed by atoms with Gasteiger partial charge in [-0.15, -0.1) is 0 Å². The van der Waals surface area contributed by atoms with Crippen LogP contribution in [0.15, 0.2) is 60.8 Å². The van der Waals surface area contributed by atoms with Gasteiger partial charge in [0.05, 0.1) is 0 Å². The van der Waals surface area contributed by atoms with Crippen molar-refractivity contribution in [2.45, 2.75) is 90.9 Å². The fourth-order valence-corrected chi connectivity index (χ4v) is 2.41. The van der Waals surface area contributed by atoms with Crippen molar-refractivity contribution in [3.8, 4) is 0 Å². The molecule has 0 atom stereocenters. The Kier molecular flexibility index (Phi) is 20.5. The molecule has 0 aliphatic heterocycles. The van der Waals surface area contributed by atoms with Crippen molar-refractivity contribution in [1.29, 1.82) is 0 Å². The maximum Gasteiger partial charge on any atom is -0.0169 e. The predicted molar refractivity (Wildman–Crippen MR) is 112 cm³/mol. The maximum atomic E-state index is 2.35. The van der Waals surface area contributed by atoms with Crippen LogP contribution in [0.4, 0.5) is 0 Å². The van der Waals surface area contributed by atoms with Crippen LogP contribution in [0.3, 0.4) is 0 Å². The summed E-state index contributed by atoms with van der Waals surface area (Å²) in [7, 11) is 0. The molecule has 0 aliphatic rings. The van der Waals surface area contributed by atoms with Crippen LogP contribution < -0.4 is 0 Å². The largest absolute Gasteiger partial charge is 0.0885 e. The Bertz CT molecular complexity index is 365. The average molecular weight is 329 g/mol. The van der Waals surface area contributed by atoms with Crippen molar-refractivity contribution in [1.82, 2.24) is 0 Å². The molecule has 0 saturated heterocycles. The molecule has 0 bridgehead atoms. The van der Waals surface area contributed by atoms with E-state index < -0.39 is 0 Å². The van der Waals surface area contributed by atoms with Gasteiger partial charge in [0.2, 0.25) is 0 Å². The van der Waals surface area contributed by atoms with Gasteiger partial charge >= 0.3 is 0 Å². The van der Waals surface area contributed by atoms with E-state index in [2.05, 4.69) is 74.6 Å². The molecule has 0 aromatic rings. The molecule has 0 saturated carbocycles. The van der Waals surface area contributed by atoms with Crippen LogP contribution >= 0.6 is 0 Å².